The van der Waals surface area contributed by atoms with Crippen LogP contribution in [0.25, 0.3) is 0 Å². The van der Waals surface area contributed by atoms with Gasteiger partial charge < -0.3 is 14.7 Å². The van der Waals surface area contributed by atoms with E-state index in [1.807, 2.05) is 41.2 Å². The molecule has 0 amide bonds. The Hall–Kier alpha value is -1.94. The first-order valence-electron chi connectivity index (χ1n) is 7.44. The van der Waals surface area contributed by atoms with Crippen molar-refractivity contribution in [2.75, 3.05) is 13.7 Å². The number of carbonyl (C=O) groups excluding carboxylic acids is 2. The van der Waals surface area contributed by atoms with Crippen molar-refractivity contribution in [2.45, 2.75) is 31.1 Å². The molecule has 3 rings (SSSR count). The summed E-state index contributed by atoms with van der Waals surface area (Å²) in [7, 11) is 1.44. The summed E-state index contributed by atoms with van der Waals surface area (Å²) in [6.45, 7) is 0.817. The molecule has 1 saturated carbocycles. The molecule has 1 aliphatic heterocycles. The molecular weight excluding hydrogens is 282 g/mol. The zero-order chi connectivity index (χ0) is 15.7. The van der Waals surface area contributed by atoms with E-state index >= 15 is 0 Å². The summed E-state index contributed by atoms with van der Waals surface area (Å²) in [6.07, 6.45) is 0.0898. The van der Waals surface area contributed by atoms with Gasteiger partial charge in [-0.3, -0.25) is 4.79 Å². The summed E-state index contributed by atoms with van der Waals surface area (Å²) in [4.78, 5) is 26.0. The number of hydrogen-bond acceptors (Lipinski definition) is 5. The number of methoxy groups -OCH3 is 1. The van der Waals surface area contributed by atoms with Crippen LogP contribution in [0.5, 0.6) is 0 Å². The van der Waals surface area contributed by atoms with Crippen LogP contribution in [0.1, 0.15) is 18.4 Å². The average molecular weight is 301 g/mol. The fourth-order valence-electron chi connectivity index (χ4n) is 3.57. The molecule has 2 bridgehead atoms. The number of aliphatic hydroxyl groups is 1. The summed E-state index contributed by atoms with van der Waals surface area (Å²) in [6, 6.07) is 9.71. The first-order chi connectivity index (χ1) is 10.6. The SMILES string of the molecule is COC12CCC(O)C(CN(Cc3ccccc3)C1=C=O)C2=O. The molecule has 116 valence electrons. The number of benzene rings is 1. The van der Waals surface area contributed by atoms with Crippen LogP contribution >= 0.6 is 0 Å². The number of ether oxygens (including phenoxy) is 1. The largest absolute Gasteiger partial charge is 0.392 e. The molecule has 0 radical (unpaired) electrons. The van der Waals surface area contributed by atoms with Crippen molar-refractivity contribution in [1.82, 2.24) is 4.90 Å². The molecule has 1 saturated heterocycles. The summed E-state index contributed by atoms with van der Waals surface area (Å²) in [5.74, 6) is 1.22. The maximum absolute atomic E-state index is 12.6. The van der Waals surface area contributed by atoms with Crippen LogP contribution in [0.2, 0.25) is 0 Å². The molecule has 2 fully saturated rings. The van der Waals surface area contributed by atoms with Crippen LogP contribution in [0.15, 0.2) is 36.0 Å². The van der Waals surface area contributed by atoms with Gasteiger partial charge in [-0.1, -0.05) is 30.3 Å². The van der Waals surface area contributed by atoms with Crippen molar-refractivity contribution >= 4 is 11.7 Å². The minimum atomic E-state index is -1.25. The first-order valence-corrected chi connectivity index (χ1v) is 7.44. The summed E-state index contributed by atoms with van der Waals surface area (Å²) >= 11 is 0. The van der Waals surface area contributed by atoms with Crippen LogP contribution in [0, 0.1) is 5.92 Å². The van der Waals surface area contributed by atoms with E-state index < -0.39 is 17.6 Å². The molecular formula is C17H19NO4. The standard InChI is InChI=1S/C17H19NO4/c1-22-17-8-7-14(20)13(16(17)21)10-18(15(17)11-19)9-12-5-3-2-4-6-12/h2-6,13-14,20H,7-10H2,1H3. The summed E-state index contributed by atoms with van der Waals surface area (Å²) in [5.41, 5.74) is 0.0361. The fraction of sp³-hybridized carbons (Fsp3) is 0.471. The highest BCUT2D eigenvalue weighted by atomic mass is 16.5. The second-order valence-electron chi connectivity index (χ2n) is 5.92. The molecule has 1 N–H and O–H groups in total. The van der Waals surface area contributed by atoms with Gasteiger partial charge >= 0.3 is 0 Å². The number of aliphatic hydroxyl groups excluding tert-OH is 1. The molecule has 3 atom stereocenters. The third kappa shape index (κ3) is 2.18. The number of rotatable bonds is 3. The average Bonchev–Trinajstić information content (AvgIpc) is 2.54. The third-order valence-electron chi connectivity index (χ3n) is 4.77. The number of piperidine rings is 1. The predicted octanol–water partition coefficient (Wildman–Crippen LogP) is 0.943. The molecule has 1 aromatic rings. The summed E-state index contributed by atoms with van der Waals surface area (Å²) in [5, 5.41) is 10.1. The number of ketones is 1. The topological polar surface area (TPSA) is 66.8 Å². The van der Waals surface area contributed by atoms with Gasteiger partial charge in [0.1, 0.15) is 11.6 Å². The second-order valence-corrected chi connectivity index (χ2v) is 5.92. The van der Waals surface area contributed by atoms with Crippen LogP contribution in [0.3, 0.4) is 0 Å². The second kappa shape index (κ2) is 5.69. The first kappa shape index (κ1) is 15.0. The Balaban J connectivity index is 1.98. The maximum atomic E-state index is 12.6. The highest BCUT2D eigenvalue weighted by Crippen LogP contribution is 2.43. The zero-order valence-electron chi connectivity index (χ0n) is 12.5. The van der Waals surface area contributed by atoms with Gasteiger partial charge in [-0.2, -0.15) is 0 Å². The third-order valence-corrected chi connectivity index (χ3v) is 4.77. The van der Waals surface area contributed by atoms with Gasteiger partial charge in [-0.05, 0) is 18.4 Å². The molecule has 1 heterocycles. The minimum Gasteiger partial charge on any atom is -0.392 e. The van der Waals surface area contributed by atoms with Crippen LogP contribution in [-0.4, -0.2) is 47.1 Å². The highest BCUT2D eigenvalue weighted by molar-refractivity contribution is 5.97. The summed E-state index contributed by atoms with van der Waals surface area (Å²) < 4.78 is 5.48. The van der Waals surface area contributed by atoms with Crippen molar-refractivity contribution in [1.29, 1.82) is 0 Å². The van der Waals surface area contributed by atoms with Crippen LogP contribution < -0.4 is 0 Å². The number of Topliss-reactive ketones (excluding diaryl/α,β-unsaturated/α-hetero) is 1. The maximum Gasteiger partial charge on any atom is 0.178 e. The predicted molar refractivity (Wildman–Crippen MR) is 79.5 cm³/mol. The van der Waals surface area contributed by atoms with E-state index in [1.54, 1.807) is 0 Å². The normalized spacial score (nSPS) is 31.1. The van der Waals surface area contributed by atoms with Crippen molar-refractivity contribution < 1.29 is 19.4 Å². The fourth-order valence-corrected chi connectivity index (χ4v) is 3.57. The van der Waals surface area contributed by atoms with Crippen molar-refractivity contribution in [3.63, 3.8) is 0 Å². The Bertz CT molecular complexity index is 623. The molecule has 1 aliphatic carbocycles. The Morgan fingerprint density at radius 3 is 2.77 bits per heavy atom. The number of likely N-dealkylation sites (tertiary alicyclic amines) is 1. The number of carbonyl (C=O) groups is 1. The van der Waals surface area contributed by atoms with Gasteiger partial charge in [-0.25, -0.2) is 4.79 Å². The Morgan fingerprint density at radius 1 is 1.41 bits per heavy atom. The molecule has 3 unspecified atom stereocenters. The lowest BCUT2D eigenvalue weighted by molar-refractivity contribution is -0.162. The molecule has 1 aromatic carbocycles. The minimum absolute atomic E-state index is 0.198. The van der Waals surface area contributed by atoms with Crippen molar-refractivity contribution in [3.05, 3.63) is 41.6 Å². The lowest BCUT2D eigenvalue weighted by atomic mass is 9.70. The van der Waals surface area contributed by atoms with E-state index in [9.17, 15) is 14.7 Å². The molecule has 2 aliphatic rings. The number of nitrogens with zero attached hydrogens (tertiary/aromatic N) is 1. The molecule has 5 heteroatoms. The van der Waals surface area contributed by atoms with Crippen molar-refractivity contribution in [3.8, 4) is 0 Å². The van der Waals surface area contributed by atoms with E-state index in [1.165, 1.54) is 7.11 Å². The Labute approximate surface area is 129 Å². The van der Waals surface area contributed by atoms with Gasteiger partial charge in [0.15, 0.2) is 11.4 Å². The van der Waals surface area contributed by atoms with E-state index in [2.05, 4.69) is 0 Å². The monoisotopic (exact) mass is 301 g/mol. The number of hydrogen-bond donors (Lipinski definition) is 1. The smallest absolute Gasteiger partial charge is 0.178 e. The van der Waals surface area contributed by atoms with Gasteiger partial charge in [0.2, 0.25) is 0 Å². The lowest BCUT2D eigenvalue weighted by Crippen LogP contribution is -2.63. The Kier molecular flexibility index (Phi) is 3.87. The van der Waals surface area contributed by atoms with E-state index in [0.717, 1.165) is 5.56 Å². The van der Waals surface area contributed by atoms with Crippen molar-refractivity contribution in [2.24, 2.45) is 5.92 Å². The molecule has 0 spiro atoms. The quantitative estimate of drug-likeness (QED) is 0.842. The number of fused-ring (bicyclic) bond motifs is 2. The molecule has 5 nitrogen and oxygen atoms in total. The van der Waals surface area contributed by atoms with Gasteiger partial charge in [0.25, 0.3) is 0 Å². The van der Waals surface area contributed by atoms with Crippen LogP contribution in [0.4, 0.5) is 0 Å². The van der Waals surface area contributed by atoms with Gasteiger partial charge in [0.05, 0.1) is 12.0 Å². The zero-order valence-corrected chi connectivity index (χ0v) is 12.5. The van der Waals surface area contributed by atoms with E-state index in [-0.39, 0.29) is 11.5 Å². The van der Waals surface area contributed by atoms with Gasteiger partial charge in [0, 0.05) is 20.2 Å². The van der Waals surface area contributed by atoms with E-state index in [0.29, 0.717) is 25.9 Å². The lowest BCUT2D eigenvalue weighted by Gasteiger charge is -2.49. The molecule has 22 heavy (non-hydrogen) atoms. The van der Waals surface area contributed by atoms with Gasteiger partial charge in [-0.15, -0.1) is 0 Å². The van der Waals surface area contributed by atoms with Crippen LogP contribution in [-0.2, 0) is 20.9 Å². The Morgan fingerprint density at radius 2 is 2.14 bits per heavy atom. The van der Waals surface area contributed by atoms with E-state index in [4.69, 9.17) is 4.74 Å². The molecule has 0 aromatic heterocycles. The highest BCUT2D eigenvalue weighted by Gasteiger charge is 2.57.